The number of halogens is 2. The standard InChI is InChI=1S/C17H24ClN3O2.ClH/c1-11(19)15-5-3-4-10-21(15)17(23)12(2)20-16(22)13-6-8-14(18)9-7-13;/h6-9,11-12,15H,3-5,10,19H2,1-2H3,(H,20,22);1H. The van der Waals surface area contributed by atoms with Gasteiger partial charge in [0, 0.05) is 29.2 Å². The summed E-state index contributed by atoms with van der Waals surface area (Å²) in [5.74, 6) is -0.355. The first-order valence-electron chi connectivity index (χ1n) is 8.02. The van der Waals surface area contributed by atoms with Gasteiger partial charge in [0.2, 0.25) is 5.91 Å². The Bertz CT molecular complexity index is 563. The molecule has 5 nitrogen and oxygen atoms in total. The SMILES string of the molecule is CC(NC(=O)c1ccc(Cl)cc1)C(=O)N1CCCCC1C(C)N.Cl. The lowest BCUT2D eigenvalue weighted by Gasteiger charge is -2.39. The van der Waals surface area contributed by atoms with Crippen LogP contribution < -0.4 is 11.1 Å². The normalized spacial score (nSPS) is 19.8. The Morgan fingerprint density at radius 2 is 1.88 bits per heavy atom. The fourth-order valence-electron chi connectivity index (χ4n) is 2.97. The molecule has 3 atom stereocenters. The van der Waals surface area contributed by atoms with E-state index in [9.17, 15) is 9.59 Å². The quantitative estimate of drug-likeness (QED) is 0.851. The van der Waals surface area contributed by atoms with Crippen molar-refractivity contribution in [3.63, 3.8) is 0 Å². The van der Waals surface area contributed by atoms with E-state index in [4.69, 9.17) is 17.3 Å². The summed E-state index contributed by atoms with van der Waals surface area (Å²) in [6.07, 6.45) is 2.98. The number of rotatable bonds is 4. The summed E-state index contributed by atoms with van der Waals surface area (Å²) in [6.45, 7) is 4.34. The smallest absolute Gasteiger partial charge is 0.251 e. The minimum absolute atomic E-state index is 0. The highest BCUT2D eigenvalue weighted by atomic mass is 35.5. The average molecular weight is 374 g/mol. The molecule has 1 fully saturated rings. The second kappa shape index (κ2) is 9.25. The highest BCUT2D eigenvalue weighted by Gasteiger charge is 2.32. The molecule has 1 aromatic rings. The molecule has 0 bridgehead atoms. The first-order chi connectivity index (χ1) is 10.9. The third-order valence-electron chi connectivity index (χ3n) is 4.26. The molecule has 1 saturated heterocycles. The Labute approximate surface area is 154 Å². The van der Waals surface area contributed by atoms with Crippen molar-refractivity contribution in [3.8, 4) is 0 Å². The van der Waals surface area contributed by atoms with E-state index >= 15 is 0 Å². The monoisotopic (exact) mass is 373 g/mol. The molecule has 134 valence electrons. The van der Waals surface area contributed by atoms with Crippen LogP contribution in [0, 0.1) is 0 Å². The van der Waals surface area contributed by atoms with Crippen molar-refractivity contribution in [1.82, 2.24) is 10.2 Å². The van der Waals surface area contributed by atoms with Crippen LogP contribution in [0.3, 0.4) is 0 Å². The number of piperidine rings is 1. The van der Waals surface area contributed by atoms with Crippen LogP contribution in [0.15, 0.2) is 24.3 Å². The molecular formula is C17H25Cl2N3O2. The maximum Gasteiger partial charge on any atom is 0.251 e. The molecular weight excluding hydrogens is 349 g/mol. The molecule has 1 heterocycles. The summed E-state index contributed by atoms with van der Waals surface area (Å²) >= 11 is 5.82. The first kappa shape index (κ1) is 20.7. The second-order valence-electron chi connectivity index (χ2n) is 6.16. The molecule has 1 aromatic carbocycles. The molecule has 24 heavy (non-hydrogen) atoms. The van der Waals surface area contributed by atoms with Crippen LogP contribution in [-0.2, 0) is 4.79 Å². The van der Waals surface area contributed by atoms with Gasteiger partial charge in [0.15, 0.2) is 0 Å². The largest absolute Gasteiger partial charge is 0.341 e. The van der Waals surface area contributed by atoms with E-state index in [2.05, 4.69) is 5.32 Å². The number of hydrogen-bond acceptors (Lipinski definition) is 3. The van der Waals surface area contributed by atoms with Gasteiger partial charge in [-0.2, -0.15) is 0 Å². The van der Waals surface area contributed by atoms with Crippen LogP contribution >= 0.6 is 24.0 Å². The fraction of sp³-hybridized carbons (Fsp3) is 0.529. The molecule has 0 radical (unpaired) electrons. The lowest BCUT2D eigenvalue weighted by Crippen LogP contribution is -2.56. The Balaban J connectivity index is 0.00000288. The van der Waals surface area contributed by atoms with Crippen LogP contribution in [0.2, 0.25) is 5.02 Å². The number of likely N-dealkylation sites (tertiary alicyclic amines) is 1. The Hall–Kier alpha value is -1.30. The van der Waals surface area contributed by atoms with Gasteiger partial charge in [-0.15, -0.1) is 12.4 Å². The highest BCUT2D eigenvalue weighted by molar-refractivity contribution is 6.30. The summed E-state index contributed by atoms with van der Waals surface area (Å²) < 4.78 is 0. The zero-order valence-electron chi connectivity index (χ0n) is 14.0. The lowest BCUT2D eigenvalue weighted by molar-refractivity contribution is -0.137. The number of nitrogens with one attached hydrogen (secondary N) is 1. The van der Waals surface area contributed by atoms with Crippen molar-refractivity contribution in [1.29, 1.82) is 0 Å². The number of carbonyl (C=O) groups excluding carboxylic acids is 2. The van der Waals surface area contributed by atoms with Crippen LogP contribution in [0.5, 0.6) is 0 Å². The van der Waals surface area contributed by atoms with E-state index in [1.165, 1.54) is 0 Å². The molecule has 2 rings (SSSR count). The van der Waals surface area contributed by atoms with Gasteiger partial charge in [-0.25, -0.2) is 0 Å². The summed E-state index contributed by atoms with van der Waals surface area (Å²) in [5, 5.41) is 3.33. The van der Waals surface area contributed by atoms with Crippen molar-refractivity contribution in [2.75, 3.05) is 6.54 Å². The van der Waals surface area contributed by atoms with Gasteiger partial charge >= 0.3 is 0 Å². The summed E-state index contributed by atoms with van der Waals surface area (Å²) in [5.41, 5.74) is 6.49. The van der Waals surface area contributed by atoms with Crippen LogP contribution in [0.4, 0.5) is 0 Å². The predicted molar refractivity (Wildman–Crippen MR) is 98.6 cm³/mol. The van der Waals surface area contributed by atoms with Crippen LogP contribution in [-0.4, -0.2) is 41.4 Å². The molecule has 3 unspecified atom stereocenters. The third-order valence-corrected chi connectivity index (χ3v) is 4.52. The third kappa shape index (κ3) is 5.10. The molecule has 2 amide bonds. The van der Waals surface area contributed by atoms with E-state index in [0.29, 0.717) is 17.1 Å². The number of hydrogen-bond donors (Lipinski definition) is 2. The van der Waals surface area contributed by atoms with Crippen LogP contribution in [0.25, 0.3) is 0 Å². The molecule has 1 aliphatic heterocycles. The zero-order valence-corrected chi connectivity index (χ0v) is 15.6. The van der Waals surface area contributed by atoms with Gasteiger partial charge in [0.1, 0.15) is 6.04 Å². The summed E-state index contributed by atoms with van der Waals surface area (Å²) in [6, 6.07) is 5.97. The van der Waals surface area contributed by atoms with Crippen molar-refractivity contribution >= 4 is 35.8 Å². The molecule has 3 N–H and O–H groups in total. The Kier molecular flexibility index (Phi) is 8.00. The average Bonchev–Trinajstić information content (AvgIpc) is 2.54. The molecule has 0 aromatic heterocycles. The molecule has 0 saturated carbocycles. The number of amides is 2. The van der Waals surface area contributed by atoms with E-state index in [1.54, 1.807) is 31.2 Å². The molecule has 1 aliphatic rings. The van der Waals surface area contributed by atoms with Gasteiger partial charge in [0.25, 0.3) is 5.91 Å². The number of nitrogens with two attached hydrogens (primary N) is 1. The minimum atomic E-state index is -0.586. The van der Waals surface area contributed by atoms with E-state index in [0.717, 1.165) is 19.3 Å². The van der Waals surface area contributed by atoms with E-state index in [-0.39, 0.29) is 36.3 Å². The minimum Gasteiger partial charge on any atom is -0.341 e. The van der Waals surface area contributed by atoms with E-state index < -0.39 is 6.04 Å². The van der Waals surface area contributed by atoms with Gasteiger partial charge in [-0.1, -0.05) is 11.6 Å². The number of nitrogens with zero attached hydrogens (tertiary/aromatic N) is 1. The Morgan fingerprint density at radius 1 is 1.25 bits per heavy atom. The lowest BCUT2D eigenvalue weighted by atomic mass is 9.96. The van der Waals surface area contributed by atoms with Crippen molar-refractivity contribution < 1.29 is 9.59 Å². The second-order valence-corrected chi connectivity index (χ2v) is 6.59. The number of benzene rings is 1. The highest BCUT2D eigenvalue weighted by Crippen LogP contribution is 2.20. The van der Waals surface area contributed by atoms with E-state index in [1.807, 2.05) is 11.8 Å². The first-order valence-corrected chi connectivity index (χ1v) is 8.40. The maximum absolute atomic E-state index is 12.7. The van der Waals surface area contributed by atoms with Gasteiger partial charge < -0.3 is 16.0 Å². The Morgan fingerprint density at radius 3 is 2.46 bits per heavy atom. The van der Waals surface area contributed by atoms with Gasteiger partial charge in [0.05, 0.1) is 0 Å². The van der Waals surface area contributed by atoms with Gasteiger partial charge in [-0.05, 0) is 57.4 Å². The summed E-state index contributed by atoms with van der Waals surface area (Å²) in [7, 11) is 0. The predicted octanol–water partition coefficient (Wildman–Crippen LogP) is 2.61. The topological polar surface area (TPSA) is 75.4 Å². The van der Waals surface area contributed by atoms with Crippen molar-refractivity contribution in [2.24, 2.45) is 5.73 Å². The van der Waals surface area contributed by atoms with Crippen molar-refractivity contribution in [3.05, 3.63) is 34.9 Å². The molecule has 0 aliphatic carbocycles. The zero-order chi connectivity index (χ0) is 17.0. The van der Waals surface area contributed by atoms with Gasteiger partial charge in [-0.3, -0.25) is 9.59 Å². The van der Waals surface area contributed by atoms with Crippen molar-refractivity contribution in [2.45, 2.75) is 51.2 Å². The summed E-state index contributed by atoms with van der Waals surface area (Å²) in [4.78, 5) is 26.7. The molecule has 0 spiro atoms. The van der Waals surface area contributed by atoms with Crippen LogP contribution in [0.1, 0.15) is 43.5 Å². The number of carbonyl (C=O) groups is 2. The maximum atomic E-state index is 12.7. The fourth-order valence-corrected chi connectivity index (χ4v) is 3.10. The molecule has 7 heteroatoms.